The molecule has 130 valence electrons. The molecule has 1 atom stereocenters. The van der Waals surface area contributed by atoms with Crippen LogP contribution in [0, 0.1) is 31.0 Å². The van der Waals surface area contributed by atoms with Crippen LogP contribution in [0.1, 0.15) is 28.5 Å². The smallest absolute Gasteiger partial charge is 0.341 e. The monoisotopic (exact) mass is 365 g/mol. The Hall–Kier alpha value is -2.92. The van der Waals surface area contributed by atoms with Crippen molar-refractivity contribution in [3.05, 3.63) is 60.6 Å². The highest BCUT2D eigenvalue weighted by molar-refractivity contribution is 6.33. The molecule has 1 aromatic carbocycles. The number of nitrogens with one attached hydrogen (secondary N) is 1. The van der Waals surface area contributed by atoms with Crippen molar-refractivity contribution in [2.75, 3.05) is 0 Å². The molecule has 0 radical (unpaired) electrons. The zero-order valence-electron chi connectivity index (χ0n) is 13.5. The van der Waals surface area contributed by atoms with E-state index in [1.165, 1.54) is 20.8 Å². The first-order valence-corrected chi connectivity index (χ1v) is 7.47. The first kappa shape index (κ1) is 18.4. The number of aromatic amines is 1. The summed E-state index contributed by atoms with van der Waals surface area (Å²) in [5, 5.41) is 8.42. The Balaban J connectivity index is 2.70. The van der Waals surface area contributed by atoms with E-state index in [1.807, 2.05) is 0 Å². The van der Waals surface area contributed by atoms with Gasteiger partial charge in [0.25, 0.3) is 5.56 Å². The van der Waals surface area contributed by atoms with Gasteiger partial charge in [0.1, 0.15) is 11.9 Å². The Kier molecular flexibility index (Phi) is 5.09. The predicted molar refractivity (Wildman–Crippen MR) is 87.6 cm³/mol. The van der Waals surface area contributed by atoms with Crippen molar-refractivity contribution >= 4 is 17.6 Å². The molecule has 0 saturated carbocycles. The summed E-state index contributed by atoms with van der Waals surface area (Å²) in [4.78, 5) is 38.9. The Morgan fingerprint density at radius 2 is 2.04 bits per heavy atom. The van der Waals surface area contributed by atoms with E-state index in [4.69, 9.17) is 21.6 Å². The van der Waals surface area contributed by atoms with Crippen molar-refractivity contribution in [2.45, 2.75) is 26.9 Å². The Morgan fingerprint density at radius 3 is 2.64 bits per heavy atom. The molecule has 0 aliphatic rings. The van der Waals surface area contributed by atoms with Gasteiger partial charge in [-0.2, -0.15) is 5.26 Å². The molecule has 0 saturated heterocycles. The molecule has 9 heteroatoms. The molecule has 0 aliphatic heterocycles. The number of halogens is 2. The van der Waals surface area contributed by atoms with Crippen LogP contribution >= 0.6 is 11.6 Å². The number of carbonyl (C=O) groups excluding carboxylic acids is 1. The molecule has 2 rings (SSSR count). The minimum Gasteiger partial charge on any atom is -0.444 e. The van der Waals surface area contributed by atoms with Gasteiger partial charge in [-0.25, -0.2) is 18.5 Å². The highest BCUT2D eigenvalue weighted by atomic mass is 35.5. The molecular weight excluding hydrogens is 353 g/mol. The van der Waals surface area contributed by atoms with Crippen molar-refractivity contribution in [1.29, 1.82) is 5.26 Å². The quantitative estimate of drug-likeness (QED) is 0.837. The molecule has 0 bridgehead atoms. The Bertz CT molecular complexity index is 1020. The molecule has 2 aromatic rings. The predicted octanol–water partition coefficient (Wildman–Crippen LogP) is 2.00. The number of hydrogen-bond acceptors (Lipinski definition) is 5. The van der Waals surface area contributed by atoms with Gasteiger partial charge in [0.2, 0.25) is 0 Å². The second-order valence-electron chi connectivity index (χ2n) is 5.28. The van der Waals surface area contributed by atoms with Crippen LogP contribution in [0.2, 0.25) is 5.02 Å². The van der Waals surface area contributed by atoms with Gasteiger partial charge in [-0.15, -0.1) is 0 Å². The van der Waals surface area contributed by atoms with Gasteiger partial charge in [-0.05, 0) is 32.9 Å². The zero-order valence-corrected chi connectivity index (χ0v) is 14.3. The van der Waals surface area contributed by atoms with E-state index in [9.17, 15) is 18.8 Å². The van der Waals surface area contributed by atoms with E-state index in [2.05, 4.69) is 4.98 Å². The van der Waals surface area contributed by atoms with Crippen LogP contribution in [-0.2, 0) is 4.74 Å². The maximum Gasteiger partial charge on any atom is 0.341 e. The highest BCUT2D eigenvalue weighted by Gasteiger charge is 2.21. The number of rotatable bonds is 3. The molecule has 0 amide bonds. The average molecular weight is 366 g/mol. The van der Waals surface area contributed by atoms with Crippen LogP contribution in [0.5, 0.6) is 0 Å². The molecular formula is C16H13ClFN3O4. The van der Waals surface area contributed by atoms with Crippen LogP contribution in [-0.4, -0.2) is 21.6 Å². The molecule has 1 unspecified atom stereocenters. The maximum atomic E-state index is 14.3. The molecule has 7 nitrogen and oxygen atoms in total. The summed E-state index contributed by atoms with van der Waals surface area (Å²) in [6.45, 7) is 4.35. The van der Waals surface area contributed by atoms with Gasteiger partial charge in [-0.3, -0.25) is 4.79 Å². The second-order valence-corrected chi connectivity index (χ2v) is 5.69. The third kappa shape index (κ3) is 3.46. The van der Waals surface area contributed by atoms with Crippen molar-refractivity contribution in [3.8, 4) is 11.8 Å². The van der Waals surface area contributed by atoms with Crippen LogP contribution in [0.25, 0.3) is 5.69 Å². The van der Waals surface area contributed by atoms with Gasteiger partial charge in [0.15, 0.2) is 6.10 Å². The fourth-order valence-electron chi connectivity index (χ4n) is 2.06. The summed E-state index contributed by atoms with van der Waals surface area (Å²) >= 11 is 5.85. The van der Waals surface area contributed by atoms with Gasteiger partial charge < -0.3 is 9.72 Å². The minimum absolute atomic E-state index is 0.219. The number of hydrogen-bond donors (Lipinski definition) is 1. The number of aryl methyl sites for hydroxylation is 1. The lowest BCUT2D eigenvalue weighted by Gasteiger charge is -2.12. The summed E-state index contributed by atoms with van der Waals surface area (Å²) < 4.78 is 19.7. The van der Waals surface area contributed by atoms with Gasteiger partial charge >= 0.3 is 11.7 Å². The van der Waals surface area contributed by atoms with Crippen molar-refractivity contribution in [1.82, 2.24) is 9.55 Å². The summed E-state index contributed by atoms with van der Waals surface area (Å²) in [5.41, 5.74) is -1.74. The molecule has 0 spiro atoms. The third-order valence-corrected chi connectivity index (χ3v) is 3.86. The van der Waals surface area contributed by atoms with Gasteiger partial charge in [0.05, 0.1) is 16.3 Å². The minimum atomic E-state index is -1.05. The summed E-state index contributed by atoms with van der Waals surface area (Å²) in [7, 11) is 0. The topological polar surface area (TPSA) is 105 Å². The van der Waals surface area contributed by atoms with Crippen LogP contribution in [0.3, 0.4) is 0 Å². The van der Waals surface area contributed by atoms with Gasteiger partial charge in [0, 0.05) is 11.3 Å². The lowest BCUT2D eigenvalue weighted by atomic mass is 10.1. The fourth-order valence-corrected chi connectivity index (χ4v) is 2.29. The van der Waals surface area contributed by atoms with Crippen LogP contribution in [0.15, 0.2) is 21.7 Å². The number of benzene rings is 1. The number of nitrogens with zero attached hydrogens (tertiary/aromatic N) is 2. The number of H-pyrrole nitrogens is 1. The SMILES string of the molecule is Cc1[nH]c(=O)n(-c2cc(C(=O)OC(C)C#N)c(Cl)cc2F)c(=O)c1C. The van der Waals surface area contributed by atoms with E-state index < -0.39 is 34.8 Å². The van der Waals surface area contributed by atoms with Crippen molar-refractivity contribution in [2.24, 2.45) is 0 Å². The normalized spacial score (nSPS) is 11.7. The summed E-state index contributed by atoms with van der Waals surface area (Å²) in [6.07, 6.45) is -1.05. The second kappa shape index (κ2) is 6.91. The number of aromatic nitrogens is 2. The highest BCUT2D eigenvalue weighted by Crippen LogP contribution is 2.23. The van der Waals surface area contributed by atoms with Crippen LogP contribution in [0.4, 0.5) is 4.39 Å². The molecule has 0 aliphatic carbocycles. The van der Waals surface area contributed by atoms with Gasteiger partial charge in [-0.1, -0.05) is 11.6 Å². The maximum absolute atomic E-state index is 14.3. The zero-order chi connectivity index (χ0) is 18.9. The standard InChI is InChI=1S/C16H13ClFN3O4/c1-7(6-19)25-15(23)10-4-13(12(18)5-11(10)17)21-14(22)8(2)9(3)20-16(21)24/h4-5,7H,1-3H3,(H,20,24). The molecule has 1 N–H and O–H groups in total. The van der Waals surface area contributed by atoms with E-state index in [1.54, 1.807) is 6.07 Å². The lowest BCUT2D eigenvalue weighted by molar-refractivity contribution is 0.0435. The largest absolute Gasteiger partial charge is 0.444 e. The molecule has 25 heavy (non-hydrogen) atoms. The molecule has 1 heterocycles. The Labute approximate surface area is 146 Å². The third-order valence-electron chi connectivity index (χ3n) is 3.55. The van der Waals surface area contributed by atoms with E-state index in [0.717, 1.165) is 12.1 Å². The van der Waals surface area contributed by atoms with Crippen molar-refractivity contribution in [3.63, 3.8) is 0 Å². The lowest BCUT2D eigenvalue weighted by Crippen LogP contribution is -2.36. The van der Waals surface area contributed by atoms with Crippen LogP contribution < -0.4 is 11.2 Å². The fraction of sp³-hybridized carbons (Fsp3) is 0.250. The first-order valence-electron chi connectivity index (χ1n) is 7.10. The van der Waals surface area contributed by atoms with Crippen molar-refractivity contribution < 1.29 is 13.9 Å². The van der Waals surface area contributed by atoms with E-state index >= 15 is 0 Å². The average Bonchev–Trinajstić information content (AvgIpc) is 2.54. The molecule has 1 aromatic heterocycles. The number of esters is 1. The Morgan fingerprint density at radius 1 is 1.40 bits per heavy atom. The number of nitriles is 1. The summed E-state index contributed by atoms with van der Waals surface area (Å²) in [5.74, 6) is -1.95. The van der Waals surface area contributed by atoms with E-state index in [0.29, 0.717) is 10.3 Å². The van der Waals surface area contributed by atoms with E-state index in [-0.39, 0.29) is 16.1 Å². The first-order chi connectivity index (χ1) is 11.7. The molecule has 0 fully saturated rings. The number of carbonyl (C=O) groups is 1. The summed E-state index contributed by atoms with van der Waals surface area (Å²) in [6, 6.07) is 3.44. The number of ether oxygens (including phenoxy) is 1.